The molecule has 8 nitrogen and oxygen atoms in total. The summed E-state index contributed by atoms with van der Waals surface area (Å²) in [5.41, 5.74) is 1.78. The highest BCUT2D eigenvalue weighted by Crippen LogP contribution is 2.34. The Balaban J connectivity index is 1.43. The highest BCUT2D eigenvalue weighted by Gasteiger charge is 2.23. The maximum absolute atomic E-state index is 12.6. The van der Waals surface area contributed by atoms with E-state index >= 15 is 0 Å². The van der Waals surface area contributed by atoms with E-state index in [9.17, 15) is 4.79 Å². The van der Waals surface area contributed by atoms with Crippen molar-refractivity contribution in [3.63, 3.8) is 0 Å². The third-order valence-electron chi connectivity index (χ3n) is 6.09. The Morgan fingerprint density at radius 2 is 1.91 bits per heavy atom. The second-order valence-electron chi connectivity index (χ2n) is 10.2. The largest absolute Gasteiger partial charge is 0.364 e. The number of likely N-dealkylation sites (N-methyl/N-ethyl adjacent to an activating group) is 1. The highest BCUT2D eigenvalue weighted by molar-refractivity contribution is 7.20. The van der Waals surface area contributed by atoms with Crippen LogP contribution in [0.5, 0.6) is 0 Å². The van der Waals surface area contributed by atoms with Crippen LogP contribution in [0.25, 0.3) is 16.2 Å². The highest BCUT2D eigenvalue weighted by atomic mass is 32.1. The van der Waals surface area contributed by atoms with Gasteiger partial charge in [0, 0.05) is 30.7 Å². The number of hydrogen-bond acceptors (Lipinski definition) is 7. The van der Waals surface area contributed by atoms with Crippen molar-refractivity contribution in [2.75, 3.05) is 43.4 Å². The second kappa shape index (κ2) is 10.3. The lowest BCUT2D eigenvalue weighted by Crippen LogP contribution is -2.38. The number of hydrogen-bond donors (Lipinski definition) is 2. The third-order valence-corrected chi connectivity index (χ3v) is 7.11. The minimum absolute atomic E-state index is 0.0157. The number of imidazole rings is 1. The first-order chi connectivity index (χ1) is 16.2. The summed E-state index contributed by atoms with van der Waals surface area (Å²) < 4.78 is 1.86. The molecule has 1 fully saturated rings. The van der Waals surface area contributed by atoms with Crippen molar-refractivity contribution in [1.29, 1.82) is 0 Å². The molecule has 9 heteroatoms. The monoisotopic (exact) mass is 483 g/mol. The van der Waals surface area contributed by atoms with Crippen LogP contribution in [-0.2, 0) is 4.79 Å². The Morgan fingerprint density at radius 1 is 1.21 bits per heavy atom. The van der Waals surface area contributed by atoms with E-state index in [1.165, 1.54) is 37.3 Å². The SMILES string of the molecule is C[C@H](CCNC(=O)CN(C)c1nn2c(NC(C)(C)C)c(-c3ccccc3)nc2s1)N1CCCC1. The molecule has 34 heavy (non-hydrogen) atoms. The molecule has 1 amide bonds. The summed E-state index contributed by atoms with van der Waals surface area (Å²) in [4.78, 5) is 22.6. The predicted octanol–water partition coefficient (Wildman–Crippen LogP) is 4.10. The number of carbonyl (C=O) groups is 1. The molecule has 0 aliphatic carbocycles. The van der Waals surface area contributed by atoms with Crippen molar-refractivity contribution < 1.29 is 4.79 Å². The second-order valence-corrected chi connectivity index (χ2v) is 11.2. The van der Waals surface area contributed by atoms with Crippen molar-refractivity contribution in [2.45, 2.75) is 58.5 Å². The number of amides is 1. The molecule has 3 heterocycles. The molecule has 0 saturated carbocycles. The first-order valence-electron chi connectivity index (χ1n) is 12.2. The molecule has 4 rings (SSSR count). The lowest BCUT2D eigenvalue weighted by molar-refractivity contribution is -0.119. The predicted molar refractivity (Wildman–Crippen MR) is 141 cm³/mol. The maximum Gasteiger partial charge on any atom is 0.239 e. The van der Waals surface area contributed by atoms with Crippen LogP contribution in [0.3, 0.4) is 0 Å². The molecule has 0 unspecified atom stereocenters. The van der Waals surface area contributed by atoms with Gasteiger partial charge in [0.2, 0.25) is 16.0 Å². The number of fused-ring (bicyclic) bond motifs is 1. The molecule has 1 atom stereocenters. The minimum atomic E-state index is -0.152. The first-order valence-corrected chi connectivity index (χ1v) is 13.0. The van der Waals surface area contributed by atoms with Crippen molar-refractivity contribution in [3.8, 4) is 11.3 Å². The fourth-order valence-corrected chi connectivity index (χ4v) is 5.14. The number of aromatic nitrogens is 3. The van der Waals surface area contributed by atoms with E-state index in [0.29, 0.717) is 12.6 Å². The van der Waals surface area contributed by atoms with Gasteiger partial charge in [-0.25, -0.2) is 4.98 Å². The molecule has 2 N–H and O–H groups in total. The van der Waals surface area contributed by atoms with Crippen LogP contribution < -0.4 is 15.5 Å². The number of likely N-dealkylation sites (tertiary alicyclic amines) is 1. The lowest BCUT2D eigenvalue weighted by atomic mass is 10.1. The van der Waals surface area contributed by atoms with Gasteiger partial charge in [0.15, 0.2) is 5.82 Å². The van der Waals surface area contributed by atoms with Gasteiger partial charge in [-0.15, -0.1) is 5.10 Å². The van der Waals surface area contributed by atoms with Crippen LogP contribution in [0.4, 0.5) is 10.9 Å². The zero-order valence-corrected chi connectivity index (χ0v) is 21.8. The average Bonchev–Trinajstić information content (AvgIpc) is 3.51. The van der Waals surface area contributed by atoms with Crippen LogP contribution >= 0.6 is 11.3 Å². The minimum Gasteiger partial charge on any atom is -0.364 e. The standard InChI is InChI=1S/C25H37N7OS/c1-18(31-15-9-10-16-31)13-14-26-20(33)17-30(5)24-29-32-22(28-25(2,3)4)21(27-23(32)34-24)19-11-7-6-8-12-19/h6-8,11-12,18,28H,9-10,13-17H2,1-5H3,(H,26,33)/t18-/m1/s1. The van der Waals surface area contributed by atoms with Gasteiger partial charge in [0.25, 0.3) is 0 Å². The molecule has 2 aromatic heterocycles. The summed E-state index contributed by atoms with van der Waals surface area (Å²) in [5, 5.41) is 12.2. The van der Waals surface area contributed by atoms with Crippen LogP contribution in [0, 0.1) is 0 Å². The molecule has 0 radical (unpaired) electrons. The van der Waals surface area contributed by atoms with Gasteiger partial charge >= 0.3 is 0 Å². The van der Waals surface area contributed by atoms with Crippen molar-refractivity contribution in [1.82, 2.24) is 24.8 Å². The van der Waals surface area contributed by atoms with Gasteiger partial charge < -0.3 is 20.4 Å². The van der Waals surface area contributed by atoms with E-state index in [2.05, 4.69) is 55.4 Å². The topological polar surface area (TPSA) is 77.8 Å². The summed E-state index contributed by atoms with van der Waals surface area (Å²) in [7, 11) is 1.90. The number of nitrogens with one attached hydrogen (secondary N) is 2. The molecular formula is C25H37N7OS. The summed E-state index contributed by atoms with van der Waals surface area (Å²) in [6, 6.07) is 10.7. The van der Waals surface area contributed by atoms with Gasteiger partial charge in [-0.2, -0.15) is 4.52 Å². The number of rotatable bonds is 9. The summed E-state index contributed by atoms with van der Waals surface area (Å²) >= 11 is 1.49. The Kier molecular flexibility index (Phi) is 7.42. The number of nitrogens with zero attached hydrogens (tertiary/aromatic N) is 5. The number of benzene rings is 1. The van der Waals surface area contributed by atoms with Crippen molar-refractivity contribution in [2.24, 2.45) is 0 Å². The van der Waals surface area contributed by atoms with Gasteiger partial charge in [-0.3, -0.25) is 4.79 Å². The van der Waals surface area contributed by atoms with E-state index in [1.54, 1.807) is 0 Å². The molecule has 0 bridgehead atoms. The van der Waals surface area contributed by atoms with E-state index in [0.717, 1.165) is 33.6 Å². The van der Waals surface area contributed by atoms with Gasteiger partial charge in [-0.1, -0.05) is 41.7 Å². The van der Waals surface area contributed by atoms with Crippen LogP contribution in [-0.4, -0.2) is 70.2 Å². The molecule has 1 saturated heterocycles. The fourth-order valence-electron chi connectivity index (χ4n) is 4.28. The van der Waals surface area contributed by atoms with E-state index < -0.39 is 0 Å². The van der Waals surface area contributed by atoms with Gasteiger partial charge in [0.1, 0.15) is 5.69 Å². The first kappa shape index (κ1) is 24.5. The zero-order valence-electron chi connectivity index (χ0n) is 21.0. The molecule has 184 valence electrons. The molecule has 0 spiro atoms. The smallest absolute Gasteiger partial charge is 0.239 e. The Bertz CT molecular complexity index is 1100. The Hall–Kier alpha value is -2.65. The molecule has 3 aromatic rings. The normalized spacial score (nSPS) is 15.6. The zero-order chi connectivity index (χ0) is 24.3. The summed E-state index contributed by atoms with van der Waals surface area (Å²) in [5.74, 6) is 0.881. The van der Waals surface area contributed by atoms with Crippen LogP contribution in [0.2, 0.25) is 0 Å². The quantitative estimate of drug-likeness (QED) is 0.477. The van der Waals surface area contributed by atoms with Crippen molar-refractivity contribution in [3.05, 3.63) is 30.3 Å². The molecule has 1 aliphatic heterocycles. The van der Waals surface area contributed by atoms with Gasteiger partial charge in [-0.05, 0) is 60.0 Å². The lowest BCUT2D eigenvalue weighted by Gasteiger charge is -2.24. The number of anilines is 2. The van der Waals surface area contributed by atoms with Crippen LogP contribution in [0.1, 0.15) is 47.0 Å². The van der Waals surface area contributed by atoms with E-state index in [-0.39, 0.29) is 18.0 Å². The molecule has 1 aliphatic rings. The third kappa shape index (κ3) is 5.88. The summed E-state index contributed by atoms with van der Waals surface area (Å²) in [6.07, 6.45) is 3.56. The Morgan fingerprint density at radius 3 is 2.59 bits per heavy atom. The Labute approximate surface area is 206 Å². The summed E-state index contributed by atoms with van der Waals surface area (Å²) in [6.45, 7) is 11.9. The number of carbonyl (C=O) groups excluding carboxylic acids is 1. The maximum atomic E-state index is 12.6. The molecular weight excluding hydrogens is 446 g/mol. The van der Waals surface area contributed by atoms with Crippen molar-refractivity contribution >= 4 is 33.2 Å². The van der Waals surface area contributed by atoms with Gasteiger partial charge in [0.05, 0.1) is 6.54 Å². The average molecular weight is 484 g/mol. The van der Waals surface area contributed by atoms with E-state index in [4.69, 9.17) is 10.1 Å². The molecule has 1 aromatic carbocycles. The fraction of sp³-hybridized carbons (Fsp3) is 0.560. The van der Waals surface area contributed by atoms with Crippen LogP contribution in [0.15, 0.2) is 30.3 Å². The van der Waals surface area contributed by atoms with E-state index in [1.807, 2.05) is 34.7 Å².